The number of benzene rings is 2. The summed E-state index contributed by atoms with van der Waals surface area (Å²) in [6.45, 7) is 0. The van der Waals surface area contributed by atoms with Gasteiger partial charge in [-0.15, -0.1) is 0 Å². The van der Waals surface area contributed by atoms with Crippen LogP contribution < -0.4 is 11.2 Å². The Hall–Kier alpha value is -2.86. The molecule has 3 rings (SSSR count). The minimum Gasteiger partial charge on any atom is -0.478 e. The zero-order valence-corrected chi connectivity index (χ0v) is 11.8. The number of H-pyrrole nitrogens is 1. The van der Waals surface area contributed by atoms with Gasteiger partial charge in [0.05, 0.1) is 27.2 Å². The van der Waals surface area contributed by atoms with Gasteiger partial charge < -0.3 is 10.1 Å². The van der Waals surface area contributed by atoms with Crippen LogP contribution >= 0.6 is 11.6 Å². The third kappa shape index (κ3) is 2.19. The van der Waals surface area contributed by atoms with Crippen molar-refractivity contribution in [3.63, 3.8) is 0 Å². The van der Waals surface area contributed by atoms with E-state index >= 15 is 0 Å². The number of halogens is 1. The molecule has 0 saturated carbocycles. The van der Waals surface area contributed by atoms with Crippen molar-refractivity contribution in [1.82, 2.24) is 9.55 Å². The molecular formula is C15H9ClN2O4. The van der Waals surface area contributed by atoms with Gasteiger partial charge in [-0.05, 0) is 30.3 Å². The molecule has 0 aliphatic carbocycles. The molecule has 0 unspecified atom stereocenters. The Labute approximate surface area is 128 Å². The second-order valence-electron chi connectivity index (χ2n) is 4.59. The number of nitrogens with zero attached hydrogens (tertiary/aromatic N) is 1. The second-order valence-corrected chi connectivity index (χ2v) is 4.99. The number of carboxylic acid groups (broad SMARTS) is 1. The average molecular weight is 317 g/mol. The lowest BCUT2D eigenvalue weighted by atomic mass is 10.2. The Morgan fingerprint density at radius 1 is 1.14 bits per heavy atom. The highest BCUT2D eigenvalue weighted by Crippen LogP contribution is 2.20. The van der Waals surface area contributed by atoms with Crippen molar-refractivity contribution >= 4 is 28.5 Å². The van der Waals surface area contributed by atoms with Crippen LogP contribution in [0.3, 0.4) is 0 Å². The highest BCUT2D eigenvalue weighted by atomic mass is 35.5. The van der Waals surface area contributed by atoms with E-state index in [1.54, 1.807) is 24.3 Å². The SMILES string of the molecule is O=C(O)c1ccc(Cl)c(-n2c(=O)[nH]c3ccccc3c2=O)c1. The minimum absolute atomic E-state index is 0.0265. The van der Waals surface area contributed by atoms with Gasteiger partial charge in [0.25, 0.3) is 5.56 Å². The summed E-state index contributed by atoms with van der Waals surface area (Å²) >= 11 is 6.03. The number of hydrogen-bond donors (Lipinski definition) is 2. The monoisotopic (exact) mass is 316 g/mol. The number of nitrogens with one attached hydrogen (secondary N) is 1. The Balaban J connectivity index is 2.41. The van der Waals surface area contributed by atoms with Gasteiger partial charge in [0.15, 0.2) is 0 Å². The molecule has 0 radical (unpaired) electrons. The van der Waals surface area contributed by atoms with Crippen LogP contribution in [0, 0.1) is 0 Å². The van der Waals surface area contributed by atoms with E-state index in [0.29, 0.717) is 10.9 Å². The maximum Gasteiger partial charge on any atom is 0.335 e. The van der Waals surface area contributed by atoms with E-state index in [2.05, 4.69) is 4.98 Å². The first-order chi connectivity index (χ1) is 10.5. The summed E-state index contributed by atoms with van der Waals surface area (Å²) in [7, 11) is 0. The van der Waals surface area contributed by atoms with Crippen LogP contribution in [0.4, 0.5) is 0 Å². The number of rotatable bonds is 2. The quantitative estimate of drug-likeness (QED) is 0.756. The fraction of sp³-hybridized carbons (Fsp3) is 0. The normalized spacial score (nSPS) is 10.8. The highest BCUT2D eigenvalue weighted by molar-refractivity contribution is 6.32. The lowest BCUT2D eigenvalue weighted by molar-refractivity contribution is 0.0697. The fourth-order valence-electron chi connectivity index (χ4n) is 2.20. The molecule has 0 spiro atoms. The lowest BCUT2D eigenvalue weighted by Crippen LogP contribution is -2.33. The molecule has 6 nitrogen and oxygen atoms in total. The van der Waals surface area contributed by atoms with Crippen molar-refractivity contribution in [2.24, 2.45) is 0 Å². The summed E-state index contributed by atoms with van der Waals surface area (Å²) in [6, 6.07) is 10.4. The standard InChI is InChI=1S/C15H9ClN2O4/c16-10-6-5-8(14(20)21)7-12(10)18-13(19)9-3-1-2-4-11(9)17-15(18)22/h1-7H,(H,17,22)(H,20,21). The van der Waals surface area contributed by atoms with Gasteiger partial charge in [-0.3, -0.25) is 4.79 Å². The third-order valence-corrected chi connectivity index (χ3v) is 3.56. The number of hydrogen-bond acceptors (Lipinski definition) is 3. The summed E-state index contributed by atoms with van der Waals surface area (Å²) in [4.78, 5) is 38.3. The minimum atomic E-state index is -1.18. The molecule has 1 heterocycles. The fourth-order valence-corrected chi connectivity index (χ4v) is 2.40. The van der Waals surface area contributed by atoms with Gasteiger partial charge in [-0.25, -0.2) is 14.2 Å². The summed E-state index contributed by atoms with van der Waals surface area (Å²) in [5.74, 6) is -1.18. The van der Waals surface area contributed by atoms with E-state index in [9.17, 15) is 14.4 Å². The molecular weight excluding hydrogens is 308 g/mol. The summed E-state index contributed by atoms with van der Waals surface area (Å²) in [6.07, 6.45) is 0. The lowest BCUT2D eigenvalue weighted by Gasteiger charge is -2.09. The molecule has 0 fully saturated rings. The van der Waals surface area contributed by atoms with E-state index in [1.807, 2.05) is 0 Å². The van der Waals surface area contributed by atoms with Crippen molar-refractivity contribution in [2.45, 2.75) is 0 Å². The van der Waals surface area contributed by atoms with Crippen LogP contribution in [0.2, 0.25) is 5.02 Å². The summed E-state index contributed by atoms with van der Waals surface area (Å²) in [5.41, 5.74) is -0.895. The van der Waals surface area contributed by atoms with Crippen molar-refractivity contribution in [1.29, 1.82) is 0 Å². The van der Waals surface area contributed by atoms with Crippen LogP contribution in [0.15, 0.2) is 52.1 Å². The first kappa shape index (κ1) is 14.1. The Morgan fingerprint density at radius 2 is 1.86 bits per heavy atom. The zero-order chi connectivity index (χ0) is 15.9. The predicted octanol–water partition coefficient (Wildman–Crippen LogP) is 2.03. The maximum absolute atomic E-state index is 12.5. The number of aromatic amines is 1. The molecule has 0 aliphatic rings. The van der Waals surface area contributed by atoms with Gasteiger partial charge in [-0.2, -0.15) is 0 Å². The van der Waals surface area contributed by atoms with Crippen LogP contribution in [-0.4, -0.2) is 20.6 Å². The molecule has 7 heteroatoms. The number of fused-ring (bicyclic) bond motifs is 1. The Morgan fingerprint density at radius 3 is 2.59 bits per heavy atom. The van der Waals surface area contributed by atoms with E-state index in [1.165, 1.54) is 18.2 Å². The molecule has 1 aromatic heterocycles. The summed E-state index contributed by atoms with van der Waals surface area (Å²) in [5, 5.41) is 9.45. The largest absolute Gasteiger partial charge is 0.478 e. The number of carbonyl (C=O) groups is 1. The smallest absolute Gasteiger partial charge is 0.335 e. The van der Waals surface area contributed by atoms with Crippen LogP contribution in [0.5, 0.6) is 0 Å². The van der Waals surface area contributed by atoms with Crippen LogP contribution in [0.25, 0.3) is 16.6 Å². The van der Waals surface area contributed by atoms with E-state index in [4.69, 9.17) is 16.7 Å². The molecule has 22 heavy (non-hydrogen) atoms. The first-order valence-electron chi connectivity index (χ1n) is 6.26. The average Bonchev–Trinajstić information content (AvgIpc) is 2.48. The Bertz CT molecular complexity index is 1020. The molecule has 0 atom stereocenters. The van der Waals surface area contributed by atoms with Gasteiger partial charge in [-0.1, -0.05) is 23.7 Å². The highest BCUT2D eigenvalue weighted by Gasteiger charge is 2.14. The molecule has 3 aromatic rings. The number of carboxylic acids is 1. The van der Waals surface area contributed by atoms with Crippen molar-refractivity contribution < 1.29 is 9.90 Å². The topological polar surface area (TPSA) is 92.2 Å². The van der Waals surface area contributed by atoms with Crippen molar-refractivity contribution in [3.8, 4) is 5.69 Å². The van der Waals surface area contributed by atoms with E-state index in [-0.39, 0.29) is 16.3 Å². The predicted molar refractivity (Wildman–Crippen MR) is 82.1 cm³/mol. The molecule has 0 amide bonds. The van der Waals surface area contributed by atoms with Crippen LogP contribution in [0.1, 0.15) is 10.4 Å². The second kappa shape index (κ2) is 5.16. The van der Waals surface area contributed by atoms with Crippen molar-refractivity contribution in [3.05, 3.63) is 73.9 Å². The zero-order valence-electron chi connectivity index (χ0n) is 11.0. The molecule has 2 N–H and O–H groups in total. The van der Waals surface area contributed by atoms with Crippen molar-refractivity contribution in [2.75, 3.05) is 0 Å². The van der Waals surface area contributed by atoms with Gasteiger partial charge >= 0.3 is 11.7 Å². The van der Waals surface area contributed by atoms with Gasteiger partial charge in [0.1, 0.15) is 0 Å². The van der Waals surface area contributed by atoms with Crippen LogP contribution in [-0.2, 0) is 0 Å². The third-order valence-electron chi connectivity index (χ3n) is 3.24. The van der Waals surface area contributed by atoms with E-state index in [0.717, 1.165) is 4.57 Å². The first-order valence-corrected chi connectivity index (χ1v) is 6.64. The molecule has 2 aromatic carbocycles. The molecule has 0 aliphatic heterocycles. The molecule has 0 bridgehead atoms. The Kier molecular flexibility index (Phi) is 3.30. The van der Waals surface area contributed by atoms with E-state index < -0.39 is 17.2 Å². The summed E-state index contributed by atoms with van der Waals surface area (Å²) < 4.78 is 0.830. The van der Waals surface area contributed by atoms with Gasteiger partial charge in [0.2, 0.25) is 0 Å². The number of aromatic nitrogens is 2. The maximum atomic E-state index is 12.5. The van der Waals surface area contributed by atoms with Gasteiger partial charge in [0, 0.05) is 0 Å². The molecule has 0 saturated heterocycles. The number of para-hydroxylation sites is 1. The molecule has 110 valence electrons. The number of aromatic carboxylic acids is 1.